The number of rotatable bonds is 3. The largest absolute Gasteiger partial charge is 0.456 e. The minimum absolute atomic E-state index is 0.0441. The smallest absolute Gasteiger partial charge is 0.253 e. The van der Waals surface area contributed by atoms with Gasteiger partial charge in [-0.2, -0.15) is 0 Å². The van der Waals surface area contributed by atoms with Gasteiger partial charge in [-0.15, -0.1) is 0 Å². The summed E-state index contributed by atoms with van der Waals surface area (Å²) in [5.74, 6) is 0. The zero-order valence-electron chi connectivity index (χ0n) is 50.8. The third-order valence-corrected chi connectivity index (χ3v) is 20.5. The second kappa shape index (κ2) is 15.3. The molecular weight excluding hydrogens is 910 g/mol. The van der Waals surface area contributed by atoms with E-state index in [0.29, 0.717) is 5.69 Å². The second-order valence-corrected chi connectivity index (χ2v) is 27.7. The van der Waals surface area contributed by atoms with Gasteiger partial charge in [0.05, 0.1) is 22.2 Å². The van der Waals surface area contributed by atoms with Crippen molar-refractivity contribution in [1.29, 1.82) is 0 Å². The first-order valence-corrected chi connectivity index (χ1v) is 28.3. The predicted octanol–water partition coefficient (Wildman–Crippen LogP) is 17.2. The van der Waals surface area contributed by atoms with E-state index < -0.39 is 11.0 Å². The Kier molecular flexibility index (Phi) is 8.74. The Hall–Kier alpha value is -6.20. The van der Waals surface area contributed by atoms with E-state index in [2.05, 4.69) is 208 Å². The fourth-order valence-electron chi connectivity index (χ4n) is 15.8. The van der Waals surface area contributed by atoms with E-state index in [0.717, 1.165) is 106 Å². The van der Waals surface area contributed by atoms with Gasteiger partial charge in [0.1, 0.15) is 11.2 Å². The van der Waals surface area contributed by atoms with Gasteiger partial charge in [0.15, 0.2) is 0 Å². The van der Waals surface area contributed by atoms with Crippen LogP contribution in [0.15, 0.2) is 132 Å². The van der Waals surface area contributed by atoms with Crippen LogP contribution < -0.4 is 31.1 Å². The molecule has 7 aromatic carbocycles. The van der Waals surface area contributed by atoms with E-state index in [1.165, 1.54) is 56.4 Å². The van der Waals surface area contributed by atoms with Crippen molar-refractivity contribution in [2.75, 3.05) is 14.7 Å². The van der Waals surface area contributed by atoms with Crippen molar-refractivity contribution in [3.8, 4) is 11.1 Å². The van der Waals surface area contributed by atoms with E-state index in [1.54, 1.807) is 0 Å². The molecule has 0 radical (unpaired) electrons. The van der Waals surface area contributed by atoms with Gasteiger partial charge in [-0.1, -0.05) is 175 Å². The topological polar surface area (TPSA) is 22.9 Å². The van der Waals surface area contributed by atoms with Gasteiger partial charge in [-0.05, 0) is 160 Å². The Morgan fingerprint density at radius 1 is 0.520 bits per heavy atom. The Morgan fingerprint density at radius 3 is 1.83 bits per heavy atom. The number of fused-ring (bicyclic) bond motifs is 14. The Balaban J connectivity index is 1.20. The molecule has 2 saturated carbocycles. The Morgan fingerprint density at radius 2 is 1.12 bits per heavy atom. The molecule has 0 N–H and O–H groups in total. The van der Waals surface area contributed by atoms with Gasteiger partial charge < -0.3 is 19.1 Å². The average Bonchev–Trinajstić information content (AvgIpc) is 3.92. The molecule has 0 bridgehead atoms. The number of para-hydroxylation sites is 1. The molecule has 4 aliphatic heterocycles. The van der Waals surface area contributed by atoms with Crippen molar-refractivity contribution < 1.29 is 9.90 Å². The van der Waals surface area contributed by atoms with Crippen molar-refractivity contribution >= 4 is 84.9 Å². The zero-order chi connectivity index (χ0) is 55.6. The van der Waals surface area contributed by atoms with E-state index in [1.807, 2.05) is 0 Å². The van der Waals surface area contributed by atoms with Crippen LogP contribution in [0.5, 0.6) is 0 Å². The van der Waals surface area contributed by atoms with Crippen LogP contribution in [-0.4, -0.2) is 17.8 Å². The van der Waals surface area contributed by atoms with Crippen LogP contribution in [0.4, 0.5) is 39.8 Å². The molecule has 14 rings (SSSR count). The lowest BCUT2D eigenvalue weighted by molar-refractivity contribution is 0.194. The maximum absolute atomic E-state index is 9.96. The fourth-order valence-corrected chi connectivity index (χ4v) is 15.8. The van der Waals surface area contributed by atoms with Crippen LogP contribution >= 0.6 is 0 Å². The molecule has 5 heteroatoms. The van der Waals surface area contributed by atoms with Crippen molar-refractivity contribution in [1.82, 2.24) is 0 Å². The molecule has 1 aromatic heterocycles. The maximum Gasteiger partial charge on any atom is 0.253 e. The summed E-state index contributed by atoms with van der Waals surface area (Å²) in [6.45, 7) is 30.6. The third kappa shape index (κ3) is 6.19. The summed E-state index contributed by atoms with van der Waals surface area (Å²) in [4.78, 5) is 7.86. The molecule has 2 aliphatic carbocycles. The summed E-state index contributed by atoms with van der Waals surface area (Å²) >= 11 is 0. The molecule has 2 fully saturated rings. The fraction of sp³-hybridized carbons (Fsp3) is 0.400. The summed E-state index contributed by atoms with van der Waals surface area (Å²) in [5.41, 5.74) is 19.6. The average molecular weight is 990 g/mol. The van der Waals surface area contributed by atoms with Crippen molar-refractivity contribution in [3.05, 3.63) is 155 Å². The van der Waals surface area contributed by atoms with E-state index in [4.69, 9.17) is 5.79 Å². The molecule has 4 unspecified atom stereocenters. The van der Waals surface area contributed by atoms with Crippen LogP contribution in [0.1, 0.15) is 175 Å². The lowest BCUT2D eigenvalue weighted by atomic mass is 9.32. The van der Waals surface area contributed by atoms with Crippen LogP contribution in [-0.2, 0) is 27.1 Å². The highest BCUT2D eigenvalue weighted by Gasteiger charge is 2.63. The molecular formula is C70H76BN3O. The normalized spacial score (nSPS) is 25.3. The van der Waals surface area contributed by atoms with E-state index in [-0.39, 0.29) is 58.1 Å². The molecule has 0 saturated heterocycles. The summed E-state index contributed by atoms with van der Waals surface area (Å²) in [6.07, 6.45) is 8.17. The maximum atomic E-state index is 9.96. The molecule has 6 aliphatic rings. The van der Waals surface area contributed by atoms with Crippen LogP contribution in [0.2, 0.25) is 0 Å². The summed E-state index contributed by atoms with van der Waals surface area (Å²) in [5, 5.41) is 2.30. The standard InChI is InChI=1S/C70H76BN3O/c1-64(2,3)44-27-29-53(48(37-44)43-23-15-14-16-24-43)72-55-30-32-59-60(49-38-45(65(4,5)6)28-31-58(49)75-59)62(55)71-52-40-46(66(7,8)9)39-51-63(52)74(70(13)36-22-20-34-68(51,70)11)57-42-47(41-56(72)61(57)71)73-54-26-18-17-25-50(54)67(10)33-19-21-35-69(67,73)12/h14-18,23-32,37-42H,19-22,33-36H2,1-13H3/i17D,18D,25D,26D. The second-order valence-electron chi connectivity index (χ2n) is 27.7. The molecule has 380 valence electrons. The number of hydrogen-bond acceptors (Lipinski definition) is 4. The third-order valence-electron chi connectivity index (χ3n) is 20.5. The van der Waals surface area contributed by atoms with Crippen molar-refractivity contribution in [2.45, 2.75) is 180 Å². The van der Waals surface area contributed by atoms with Gasteiger partial charge in [0, 0.05) is 61.3 Å². The summed E-state index contributed by atoms with van der Waals surface area (Å²) in [7, 11) is 0. The Bertz CT molecular complexity index is 3970. The monoisotopic (exact) mass is 990 g/mol. The quantitative estimate of drug-likeness (QED) is 0.165. The Labute approximate surface area is 453 Å². The number of benzene rings is 7. The minimum atomic E-state index is -0.555. The number of hydrogen-bond donors (Lipinski definition) is 0. The lowest BCUT2D eigenvalue weighted by Gasteiger charge is -2.54. The number of anilines is 7. The number of nitrogens with zero attached hydrogens (tertiary/aromatic N) is 3. The van der Waals surface area contributed by atoms with Gasteiger partial charge in [0.2, 0.25) is 0 Å². The summed E-state index contributed by atoms with van der Waals surface area (Å²) in [6, 6.07) is 39.5. The summed E-state index contributed by atoms with van der Waals surface area (Å²) < 4.78 is 45.2. The molecule has 4 nitrogen and oxygen atoms in total. The first-order chi connectivity index (χ1) is 37.2. The minimum Gasteiger partial charge on any atom is -0.456 e. The molecule has 5 heterocycles. The molecule has 0 amide bonds. The lowest BCUT2D eigenvalue weighted by Crippen LogP contribution is -2.65. The predicted molar refractivity (Wildman–Crippen MR) is 320 cm³/mol. The molecule has 0 spiro atoms. The van der Waals surface area contributed by atoms with Crippen molar-refractivity contribution in [3.63, 3.8) is 0 Å². The molecule has 8 aromatic rings. The highest BCUT2D eigenvalue weighted by molar-refractivity contribution is 7.02. The van der Waals surface area contributed by atoms with Gasteiger partial charge in [-0.3, -0.25) is 0 Å². The van der Waals surface area contributed by atoms with E-state index in [9.17, 15) is 4.11 Å². The number of furan rings is 1. The van der Waals surface area contributed by atoms with Crippen LogP contribution in [0.25, 0.3) is 33.1 Å². The highest BCUT2D eigenvalue weighted by Crippen LogP contribution is 2.65. The van der Waals surface area contributed by atoms with Crippen molar-refractivity contribution in [2.24, 2.45) is 0 Å². The highest BCUT2D eigenvalue weighted by atomic mass is 16.3. The molecule has 75 heavy (non-hydrogen) atoms. The first-order valence-electron chi connectivity index (χ1n) is 30.3. The van der Waals surface area contributed by atoms with Gasteiger partial charge in [0.25, 0.3) is 6.71 Å². The van der Waals surface area contributed by atoms with Crippen LogP contribution in [0.3, 0.4) is 0 Å². The van der Waals surface area contributed by atoms with Crippen LogP contribution in [0, 0.1) is 0 Å². The van der Waals surface area contributed by atoms with E-state index >= 15 is 0 Å². The SMILES string of the molecule is [2H]c1c([2H])c([2H])c2c(c1[2H])N(c1cc3c4c(c1)N1c5c(cc(C(C)(C)C)cc5C5(C)CCCCC15C)B4c1c(ccc4oc5ccc(C(C)(C)C)cc5c14)N3c1ccc(C(C)(C)C)cc1-c1ccccc1)C1(C)CCCCC21C. The molecule has 4 atom stereocenters. The van der Waals surface area contributed by atoms with Gasteiger partial charge >= 0.3 is 0 Å². The van der Waals surface area contributed by atoms with Gasteiger partial charge in [-0.25, -0.2) is 0 Å². The zero-order valence-corrected chi connectivity index (χ0v) is 46.8. The first kappa shape index (κ1) is 43.0.